The molecule has 86 valence electrons. The van der Waals surface area contributed by atoms with E-state index < -0.39 is 0 Å². The number of carbonyl (C=O) groups excluding carboxylic acids is 1. The summed E-state index contributed by atoms with van der Waals surface area (Å²) in [7, 11) is 0. The number of amides is 1. The summed E-state index contributed by atoms with van der Waals surface area (Å²) in [6.45, 7) is 0.719. The van der Waals surface area contributed by atoms with Crippen LogP contribution in [0.1, 0.15) is 29.6 Å². The zero-order valence-electron chi connectivity index (χ0n) is 9.03. The second-order valence-corrected chi connectivity index (χ2v) is 4.85. The van der Waals surface area contributed by atoms with Gasteiger partial charge in [0.15, 0.2) is 0 Å². The molecule has 1 saturated carbocycles. The van der Waals surface area contributed by atoms with Crippen molar-refractivity contribution in [1.29, 1.82) is 0 Å². The van der Waals surface area contributed by atoms with Crippen molar-refractivity contribution in [2.24, 2.45) is 5.92 Å². The van der Waals surface area contributed by atoms with E-state index in [1.54, 1.807) is 24.5 Å². The van der Waals surface area contributed by atoms with Gasteiger partial charge in [0.1, 0.15) is 0 Å². The number of nitrogens with one attached hydrogen (secondary N) is 1. The quantitative estimate of drug-likeness (QED) is 0.821. The third-order valence-electron chi connectivity index (χ3n) is 2.95. The molecule has 0 saturated heterocycles. The van der Waals surface area contributed by atoms with E-state index in [1.165, 1.54) is 0 Å². The Morgan fingerprint density at radius 2 is 2.44 bits per heavy atom. The van der Waals surface area contributed by atoms with E-state index in [1.807, 2.05) is 0 Å². The van der Waals surface area contributed by atoms with Crippen LogP contribution in [0, 0.1) is 5.92 Å². The number of carbonyl (C=O) groups is 1. The lowest BCUT2D eigenvalue weighted by molar-refractivity contribution is 0.0947. The van der Waals surface area contributed by atoms with Crippen LogP contribution < -0.4 is 5.32 Å². The largest absolute Gasteiger partial charge is 0.352 e. The zero-order valence-corrected chi connectivity index (χ0v) is 9.78. The molecule has 2 rings (SSSR count). The molecule has 0 radical (unpaired) electrons. The molecule has 0 aromatic carbocycles. The molecule has 2 atom stereocenters. The van der Waals surface area contributed by atoms with Gasteiger partial charge in [-0.3, -0.25) is 9.78 Å². The smallest absolute Gasteiger partial charge is 0.252 e. The molecule has 3 nitrogen and oxygen atoms in total. The Kier molecular flexibility index (Phi) is 3.78. The summed E-state index contributed by atoms with van der Waals surface area (Å²) >= 11 is 6.02. The number of aromatic nitrogens is 1. The average molecular weight is 239 g/mol. The fraction of sp³-hybridized carbons (Fsp3) is 0.500. The van der Waals surface area contributed by atoms with E-state index in [2.05, 4.69) is 10.3 Å². The topological polar surface area (TPSA) is 42.0 Å². The third-order valence-corrected chi connectivity index (χ3v) is 3.35. The first-order chi connectivity index (χ1) is 7.75. The zero-order chi connectivity index (χ0) is 11.4. The van der Waals surface area contributed by atoms with Crippen molar-refractivity contribution >= 4 is 17.5 Å². The lowest BCUT2D eigenvalue weighted by Crippen LogP contribution is -2.28. The number of halogens is 1. The minimum absolute atomic E-state index is 0.0499. The molecule has 4 heteroatoms. The van der Waals surface area contributed by atoms with Gasteiger partial charge in [0.2, 0.25) is 0 Å². The number of hydrogen-bond donors (Lipinski definition) is 1. The van der Waals surface area contributed by atoms with E-state index >= 15 is 0 Å². The summed E-state index contributed by atoms with van der Waals surface area (Å²) in [5.74, 6) is 0.481. The highest BCUT2D eigenvalue weighted by Gasteiger charge is 2.23. The highest BCUT2D eigenvalue weighted by molar-refractivity contribution is 6.20. The molecule has 0 aliphatic heterocycles. The van der Waals surface area contributed by atoms with Crippen LogP contribution in [0.2, 0.25) is 0 Å². The molecule has 1 fully saturated rings. The van der Waals surface area contributed by atoms with Crippen LogP contribution in [0.3, 0.4) is 0 Å². The third kappa shape index (κ3) is 2.95. The number of nitrogens with zero attached hydrogens (tertiary/aromatic N) is 1. The Labute approximate surface area is 100 Å². The SMILES string of the molecule is O=C(NCC1CCC(Cl)C1)c1cccnc1. The van der Waals surface area contributed by atoms with Gasteiger partial charge in [-0.15, -0.1) is 11.6 Å². The molecule has 16 heavy (non-hydrogen) atoms. The number of alkyl halides is 1. The first kappa shape index (κ1) is 11.4. The van der Waals surface area contributed by atoms with E-state index in [0.29, 0.717) is 16.9 Å². The molecule has 1 amide bonds. The van der Waals surface area contributed by atoms with Gasteiger partial charge in [-0.25, -0.2) is 0 Å². The predicted molar refractivity (Wildman–Crippen MR) is 63.6 cm³/mol. The van der Waals surface area contributed by atoms with Crippen LogP contribution >= 0.6 is 11.6 Å². The van der Waals surface area contributed by atoms with Gasteiger partial charge in [-0.05, 0) is 37.3 Å². The van der Waals surface area contributed by atoms with Gasteiger partial charge >= 0.3 is 0 Å². The average Bonchev–Trinajstić information content (AvgIpc) is 2.73. The molecule has 1 aromatic heterocycles. The molecule has 0 bridgehead atoms. The van der Waals surface area contributed by atoms with Crippen molar-refractivity contribution in [3.05, 3.63) is 30.1 Å². The molecular weight excluding hydrogens is 224 g/mol. The summed E-state index contributed by atoms with van der Waals surface area (Å²) in [6.07, 6.45) is 6.42. The summed E-state index contributed by atoms with van der Waals surface area (Å²) in [6, 6.07) is 3.53. The minimum Gasteiger partial charge on any atom is -0.352 e. The maximum atomic E-state index is 11.7. The van der Waals surface area contributed by atoms with Gasteiger partial charge < -0.3 is 5.32 Å². The maximum Gasteiger partial charge on any atom is 0.252 e. The summed E-state index contributed by atoms with van der Waals surface area (Å²) in [5, 5.41) is 3.22. The number of rotatable bonds is 3. The van der Waals surface area contributed by atoms with Crippen molar-refractivity contribution in [2.45, 2.75) is 24.6 Å². The van der Waals surface area contributed by atoms with Crippen molar-refractivity contribution in [1.82, 2.24) is 10.3 Å². The minimum atomic E-state index is -0.0499. The molecule has 1 aliphatic carbocycles. The van der Waals surface area contributed by atoms with Gasteiger partial charge in [-0.2, -0.15) is 0 Å². The van der Waals surface area contributed by atoms with Crippen LogP contribution in [0.25, 0.3) is 0 Å². The van der Waals surface area contributed by atoms with Crippen LogP contribution in [0.5, 0.6) is 0 Å². The maximum absolute atomic E-state index is 11.7. The van der Waals surface area contributed by atoms with Gasteiger partial charge in [0.25, 0.3) is 5.91 Å². The lowest BCUT2D eigenvalue weighted by atomic mass is 10.1. The molecular formula is C12H15ClN2O. The summed E-state index contributed by atoms with van der Waals surface area (Å²) < 4.78 is 0. The van der Waals surface area contributed by atoms with Gasteiger partial charge in [0, 0.05) is 24.3 Å². The van der Waals surface area contributed by atoms with Gasteiger partial charge in [0.05, 0.1) is 5.56 Å². The highest BCUT2D eigenvalue weighted by atomic mass is 35.5. The standard InChI is InChI=1S/C12H15ClN2O/c13-11-4-3-9(6-11)7-15-12(16)10-2-1-5-14-8-10/h1-2,5,8-9,11H,3-4,6-7H2,(H,15,16). The predicted octanol–water partition coefficient (Wildman–Crippen LogP) is 2.22. The van der Waals surface area contributed by atoms with E-state index in [4.69, 9.17) is 11.6 Å². The Morgan fingerprint density at radius 3 is 3.06 bits per heavy atom. The van der Waals surface area contributed by atoms with Crippen molar-refractivity contribution < 1.29 is 4.79 Å². The van der Waals surface area contributed by atoms with Gasteiger partial charge in [-0.1, -0.05) is 0 Å². The lowest BCUT2D eigenvalue weighted by Gasteiger charge is -2.10. The summed E-state index contributed by atoms with van der Waals surface area (Å²) in [4.78, 5) is 15.6. The van der Waals surface area contributed by atoms with E-state index in [9.17, 15) is 4.79 Å². The monoisotopic (exact) mass is 238 g/mol. The molecule has 2 unspecified atom stereocenters. The number of hydrogen-bond acceptors (Lipinski definition) is 2. The molecule has 1 aliphatic rings. The number of pyridine rings is 1. The fourth-order valence-corrected chi connectivity index (χ4v) is 2.41. The van der Waals surface area contributed by atoms with Crippen LogP contribution in [-0.4, -0.2) is 22.8 Å². The first-order valence-electron chi connectivity index (χ1n) is 5.58. The molecule has 1 heterocycles. The van der Waals surface area contributed by atoms with Crippen molar-refractivity contribution in [2.75, 3.05) is 6.54 Å². The normalized spacial score (nSPS) is 24.3. The van der Waals surface area contributed by atoms with E-state index in [-0.39, 0.29) is 5.91 Å². The Bertz CT molecular complexity index is 355. The molecule has 0 spiro atoms. The Morgan fingerprint density at radius 1 is 1.56 bits per heavy atom. The molecule has 1 N–H and O–H groups in total. The Balaban J connectivity index is 1.80. The second-order valence-electron chi connectivity index (χ2n) is 4.23. The van der Waals surface area contributed by atoms with Crippen molar-refractivity contribution in [3.63, 3.8) is 0 Å². The second kappa shape index (κ2) is 5.30. The Hall–Kier alpha value is -1.09. The van der Waals surface area contributed by atoms with Crippen LogP contribution in [-0.2, 0) is 0 Å². The fourth-order valence-electron chi connectivity index (χ4n) is 2.04. The summed E-state index contributed by atoms with van der Waals surface area (Å²) in [5.41, 5.74) is 0.614. The van der Waals surface area contributed by atoms with Crippen molar-refractivity contribution in [3.8, 4) is 0 Å². The highest BCUT2D eigenvalue weighted by Crippen LogP contribution is 2.28. The van der Waals surface area contributed by atoms with Crippen LogP contribution in [0.4, 0.5) is 0 Å². The van der Waals surface area contributed by atoms with E-state index in [0.717, 1.165) is 25.8 Å². The van der Waals surface area contributed by atoms with Crippen LogP contribution in [0.15, 0.2) is 24.5 Å². The first-order valence-corrected chi connectivity index (χ1v) is 6.01. The molecule has 1 aromatic rings.